The number of nitrogens with zero attached hydrogens (tertiary/aromatic N) is 3. The lowest BCUT2D eigenvalue weighted by Crippen LogP contribution is -2.27. The molecule has 0 aliphatic carbocycles. The number of sulfone groups is 1. The number of fused-ring (bicyclic) bond motifs is 1. The Morgan fingerprint density at radius 3 is 2.65 bits per heavy atom. The molecule has 26 heavy (non-hydrogen) atoms. The number of anilines is 1. The van der Waals surface area contributed by atoms with Crippen molar-refractivity contribution in [1.82, 2.24) is 9.97 Å². The van der Waals surface area contributed by atoms with Gasteiger partial charge in [-0.3, -0.25) is 0 Å². The lowest BCUT2D eigenvalue weighted by Gasteiger charge is -2.24. The van der Waals surface area contributed by atoms with Gasteiger partial charge in [-0.1, -0.05) is 23.7 Å². The number of aliphatic hydroxyl groups is 1. The van der Waals surface area contributed by atoms with Crippen LogP contribution in [0.3, 0.4) is 0 Å². The first kappa shape index (κ1) is 18.6. The van der Waals surface area contributed by atoms with Crippen LogP contribution in [0.2, 0.25) is 5.02 Å². The monoisotopic (exact) mass is 391 g/mol. The number of aliphatic hydroxyl groups excluding tert-OH is 1. The molecule has 0 aliphatic heterocycles. The Morgan fingerprint density at radius 1 is 1.15 bits per heavy atom. The fourth-order valence-electron chi connectivity index (χ4n) is 2.74. The lowest BCUT2D eigenvalue weighted by atomic mass is 10.2. The molecule has 3 aromatic rings. The van der Waals surface area contributed by atoms with Gasteiger partial charge >= 0.3 is 0 Å². The molecule has 0 saturated carbocycles. The number of rotatable bonds is 6. The zero-order valence-electron chi connectivity index (χ0n) is 14.1. The van der Waals surface area contributed by atoms with Crippen LogP contribution in [-0.4, -0.2) is 42.9 Å². The van der Waals surface area contributed by atoms with E-state index in [2.05, 4.69) is 9.97 Å². The first-order valence-electron chi connectivity index (χ1n) is 7.93. The number of hydrogen-bond donors (Lipinski definition) is 1. The van der Waals surface area contributed by atoms with Crippen molar-refractivity contribution in [1.29, 1.82) is 0 Å². The van der Waals surface area contributed by atoms with Crippen LogP contribution in [0.1, 0.15) is 5.56 Å². The van der Waals surface area contributed by atoms with E-state index in [1.807, 2.05) is 23.1 Å². The van der Waals surface area contributed by atoms with Crippen molar-refractivity contribution in [2.75, 3.05) is 24.3 Å². The maximum Gasteiger partial charge on any atom is 0.175 e. The summed E-state index contributed by atoms with van der Waals surface area (Å²) in [4.78, 5) is 10.6. The minimum atomic E-state index is -3.35. The molecular formula is C18H18ClN3O3S. The lowest BCUT2D eigenvalue weighted by molar-refractivity contribution is 0.301. The molecule has 0 amide bonds. The summed E-state index contributed by atoms with van der Waals surface area (Å²) in [6.07, 6.45) is 2.59. The minimum Gasteiger partial charge on any atom is -0.395 e. The van der Waals surface area contributed by atoms with E-state index in [1.54, 1.807) is 18.2 Å². The first-order chi connectivity index (χ1) is 12.4. The predicted octanol–water partition coefficient (Wildman–Crippen LogP) is 2.69. The first-order valence-corrected chi connectivity index (χ1v) is 10.2. The molecular weight excluding hydrogens is 374 g/mol. The summed E-state index contributed by atoms with van der Waals surface area (Å²) in [6, 6.07) is 12.2. The Morgan fingerprint density at radius 2 is 1.96 bits per heavy atom. The largest absolute Gasteiger partial charge is 0.395 e. The van der Waals surface area contributed by atoms with Gasteiger partial charge in [0.1, 0.15) is 12.1 Å². The Kier molecular flexibility index (Phi) is 5.41. The van der Waals surface area contributed by atoms with Gasteiger partial charge in [-0.05, 0) is 35.9 Å². The fraction of sp³-hybridized carbons (Fsp3) is 0.222. The van der Waals surface area contributed by atoms with Gasteiger partial charge in [-0.25, -0.2) is 18.4 Å². The molecule has 0 bridgehead atoms. The van der Waals surface area contributed by atoms with Crippen molar-refractivity contribution >= 4 is 38.2 Å². The molecule has 0 saturated heterocycles. The van der Waals surface area contributed by atoms with Crippen LogP contribution in [0.5, 0.6) is 0 Å². The van der Waals surface area contributed by atoms with Gasteiger partial charge in [0, 0.05) is 29.8 Å². The molecule has 0 radical (unpaired) electrons. The third-order valence-electron chi connectivity index (χ3n) is 3.95. The van der Waals surface area contributed by atoms with Crippen LogP contribution in [0.15, 0.2) is 53.7 Å². The van der Waals surface area contributed by atoms with Crippen LogP contribution in [0.4, 0.5) is 5.82 Å². The molecule has 8 heteroatoms. The van der Waals surface area contributed by atoms with Crippen molar-refractivity contribution in [2.45, 2.75) is 11.4 Å². The van der Waals surface area contributed by atoms with E-state index in [0.717, 1.165) is 11.8 Å². The standard InChI is InChI=1S/C18H18ClN3O3S/c1-26(24,25)15-5-6-17-16(10-15)18(21-12-20-17)22(7-8-23)11-13-3-2-4-14(19)9-13/h2-6,9-10,12,23H,7-8,11H2,1H3. The highest BCUT2D eigenvalue weighted by molar-refractivity contribution is 7.90. The van der Waals surface area contributed by atoms with Crippen LogP contribution >= 0.6 is 11.6 Å². The Labute approximate surface area is 157 Å². The summed E-state index contributed by atoms with van der Waals surface area (Å²) in [6.45, 7) is 0.732. The van der Waals surface area contributed by atoms with Gasteiger partial charge in [0.05, 0.1) is 17.0 Å². The van der Waals surface area contributed by atoms with Crippen LogP contribution in [-0.2, 0) is 16.4 Å². The van der Waals surface area contributed by atoms with E-state index in [4.69, 9.17) is 11.6 Å². The average Bonchev–Trinajstić information content (AvgIpc) is 2.60. The second-order valence-corrected chi connectivity index (χ2v) is 8.38. The highest BCUT2D eigenvalue weighted by Gasteiger charge is 2.16. The Balaban J connectivity index is 2.09. The molecule has 0 aliphatic rings. The SMILES string of the molecule is CS(=O)(=O)c1ccc2ncnc(N(CCO)Cc3cccc(Cl)c3)c2c1. The summed E-state index contributed by atoms with van der Waals surface area (Å²) in [5.74, 6) is 0.564. The number of benzene rings is 2. The zero-order chi connectivity index (χ0) is 18.7. The third kappa shape index (κ3) is 4.12. The van der Waals surface area contributed by atoms with Crippen LogP contribution in [0, 0.1) is 0 Å². The Bertz CT molecular complexity index is 1040. The van der Waals surface area contributed by atoms with Crippen LogP contribution < -0.4 is 4.90 Å². The van der Waals surface area contributed by atoms with Crippen LogP contribution in [0.25, 0.3) is 10.9 Å². The van der Waals surface area contributed by atoms with Crippen molar-refractivity contribution in [2.24, 2.45) is 0 Å². The van der Waals surface area contributed by atoms with Crippen molar-refractivity contribution in [3.8, 4) is 0 Å². The van der Waals surface area contributed by atoms with Crippen molar-refractivity contribution < 1.29 is 13.5 Å². The minimum absolute atomic E-state index is 0.0716. The topological polar surface area (TPSA) is 83.4 Å². The summed E-state index contributed by atoms with van der Waals surface area (Å²) in [7, 11) is -3.35. The van der Waals surface area contributed by atoms with E-state index in [9.17, 15) is 13.5 Å². The number of hydrogen-bond acceptors (Lipinski definition) is 6. The summed E-state index contributed by atoms with van der Waals surface area (Å²) >= 11 is 6.06. The van der Waals surface area contributed by atoms with Gasteiger partial charge in [0.2, 0.25) is 0 Å². The molecule has 0 fully saturated rings. The molecule has 136 valence electrons. The maximum absolute atomic E-state index is 11.9. The second kappa shape index (κ2) is 7.57. The van der Waals surface area contributed by atoms with E-state index < -0.39 is 9.84 Å². The molecule has 2 aromatic carbocycles. The van der Waals surface area contributed by atoms with Gasteiger partial charge in [-0.15, -0.1) is 0 Å². The molecule has 0 atom stereocenters. The third-order valence-corrected chi connectivity index (χ3v) is 5.29. The van der Waals surface area contributed by atoms with Crippen molar-refractivity contribution in [3.05, 3.63) is 59.4 Å². The molecule has 0 spiro atoms. The molecule has 1 heterocycles. The summed E-state index contributed by atoms with van der Waals surface area (Å²) in [5, 5.41) is 10.7. The predicted molar refractivity (Wildman–Crippen MR) is 102 cm³/mol. The maximum atomic E-state index is 11.9. The fourth-order valence-corrected chi connectivity index (χ4v) is 3.60. The highest BCUT2D eigenvalue weighted by atomic mass is 35.5. The van der Waals surface area contributed by atoms with Gasteiger partial charge in [0.15, 0.2) is 9.84 Å². The summed E-state index contributed by atoms with van der Waals surface area (Å²) in [5.41, 5.74) is 1.59. The second-order valence-electron chi connectivity index (χ2n) is 5.92. The smallest absolute Gasteiger partial charge is 0.175 e. The van der Waals surface area contributed by atoms with E-state index in [1.165, 1.54) is 12.4 Å². The van der Waals surface area contributed by atoms with Crippen molar-refractivity contribution in [3.63, 3.8) is 0 Å². The molecule has 0 unspecified atom stereocenters. The quantitative estimate of drug-likeness (QED) is 0.695. The van der Waals surface area contributed by atoms with Gasteiger partial charge in [-0.2, -0.15) is 0 Å². The zero-order valence-corrected chi connectivity index (χ0v) is 15.7. The van der Waals surface area contributed by atoms with Gasteiger partial charge < -0.3 is 10.0 Å². The molecule has 3 rings (SSSR count). The van der Waals surface area contributed by atoms with Gasteiger partial charge in [0.25, 0.3) is 0 Å². The molecule has 1 N–H and O–H groups in total. The Hall–Kier alpha value is -2.22. The van der Waals surface area contributed by atoms with E-state index in [-0.39, 0.29) is 11.5 Å². The highest BCUT2D eigenvalue weighted by Crippen LogP contribution is 2.27. The number of halogens is 1. The van der Waals surface area contributed by atoms with E-state index in [0.29, 0.717) is 34.8 Å². The normalized spacial score (nSPS) is 11.7. The van der Waals surface area contributed by atoms with E-state index >= 15 is 0 Å². The summed E-state index contributed by atoms with van der Waals surface area (Å²) < 4.78 is 23.8. The molecule has 1 aromatic heterocycles. The average molecular weight is 392 g/mol. The number of aromatic nitrogens is 2. The molecule has 6 nitrogen and oxygen atoms in total.